The average Bonchev–Trinajstić information content (AvgIpc) is 3.16. The first kappa shape index (κ1) is 18.1. The molecule has 0 unspecified atom stereocenters. The summed E-state index contributed by atoms with van der Waals surface area (Å²) < 4.78 is 20.6. The number of amides is 1. The van der Waals surface area contributed by atoms with Crippen LogP contribution in [0.3, 0.4) is 0 Å². The average molecular weight is 370 g/mol. The summed E-state index contributed by atoms with van der Waals surface area (Å²) in [5.41, 5.74) is 0.586. The number of carboxylic acid groups (broad SMARTS) is 1. The Bertz CT molecular complexity index is 989. The number of benzene rings is 2. The molecule has 138 valence electrons. The van der Waals surface area contributed by atoms with E-state index in [0.29, 0.717) is 12.1 Å². The van der Waals surface area contributed by atoms with Gasteiger partial charge in [-0.05, 0) is 23.8 Å². The molecule has 0 aliphatic heterocycles. The third-order valence-electron chi connectivity index (χ3n) is 3.77. The largest absolute Gasteiger partial charge is 0.496 e. The van der Waals surface area contributed by atoms with E-state index in [9.17, 15) is 19.1 Å². The maximum atomic E-state index is 14.2. The van der Waals surface area contributed by atoms with Gasteiger partial charge in [-0.1, -0.05) is 17.3 Å². The number of halogens is 1. The zero-order chi connectivity index (χ0) is 19.4. The normalized spacial score (nSPS) is 10.4. The predicted molar refractivity (Wildman–Crippen MR) is 93.4 cm³/mol. The number of aromatic carboxylic acids is 1. The smallest absolute Gasteiger partial charge is 0.339 e. The molecule has 3 aromatic rings. The number of nitrogens with one attached hydrogen (secondary N) is 1. The highest BCUT2D eigenvalue weighted by Gasteiger charge is 2.18. The van der Waals surface area contributed by atoms with Crippen LogP contribution in [0.2, 0.25) is 0 Å². The summed E-state index contributed by atoms with van der Waals surface area (Å²) in [6, 6.07) is 8.65. The molecule has 3 rings (SSSR count). The van der Waals surface area contributed by atoms with Crippen LogP contribution in [-0.2, 0) is 6.54 Å². The second-order valence-corrected chi connectivity index (χ2v) is 5.59. The number of nitrogens with zero attached hydrogens (tertiary/aromatic N) is 3. The third kappa shape index (κ3) is 4.09. The standard InChI is InChI=1S/C18H15FN4O4/c1-27-16-9-14(19)15(8-13(16)18(25)26)21-17(24)12-4-2-3-11(7-12)10-23-6-5-20-22-23/h2-9H,10H2,1H3,(H,21,24)(H,25,26). The van der Waals surface area contributed by atoms with E-state index >= 15 is 0 Å². The molecule has 1 amide bonds. The van der Waals surface area contributed by atoms with Crippen LogP contribution >= 0.6 is 0 Å². The molecule has 1 aromatic heterocycles. The molecule has 9 heteroatoms. The number of methoxy groups -OCH3 is 1. The summed E-state index contributed by atoms with van der Waals surface area (Å²) in [6.45, 7) is 0.418. The summed E-state index contributed by atoms with van der Waals surface area (Å²) in [6.07, 6.45) is 3.23. The summed E-state index contributed by atoms with van der Waals surface area (Å²) in [5, 5.41) is 19.2. The highest BCUT2D eigenvalue weighted by molar-refractivity contribution is 6.05. The van der Waals surface area contributed by atoms with Crippen molar-refractivity contribution in [1.29, 1.82) is 0 Å². The van der Waals surface area contributed by atoms with Crippen molar-refractivity contribution in [2.75, 3.05) is 12.4 Å². The second kappa shape index (κ2) is 7.65. The first-order valence-electron chi connectivity index (χ1n) is 7.83. The Hall–Kier alpha value is -3.75. The molecular weight excluding hydrogens is 355 g/mol. The topological polar surface area (TPSA) is 106 Å². The first-order chi connectivity index (χ1) is 13.0. The summed E-state index contributed by atoms with van der Waals surface area (Å²) >= 11 is 0. The number of rotatable bonds is 6. The maximum Gasteiger partial charge on any atom is 0.339 e. The number of ether oxygens (including phenoxy) is 1. The molecule has 0 aliphatic rings. The molecule has 0 aliphatic carbocycles. The number of carboxylic acids is 1. The monoisotopic (exact) mass is 370 g/mol. The molecule has 8 nitrogen and oxygen atoms in total. The molecule has 0 radical (unpaired) electrons. The predicted octanol–water partition coefficient (Wildman–Crippen LogP) is 2.42. The summed E-state index contributed by atoms with van der Waals surface area (Å²) in [5.74, 6) is -2.80. The van der Waals surface area contributed by atoms with E-state index in [1.165, 1.54) is 7.11 Å². The molecule has 2 N–H and O–H groups in total. The van der Waals surface area contributed by atoms with Gasteiger partial charge in [0.25, 0.3) is 5.91 Å². The third-order valence-corrected chi connectivity index (χ3v) is 3.77. The number of hydrogen-bond acceptors (Lipinski definition) is 5. The van der Waals surface area contributed by atoms with Crippen LogP contribution in [-0.4, -0.2) is 39.1 Å². The molecule has 0 spiro atoms. The van der Waals surface area contributed by atoms with Crippen LogP contribution in [0.1, 0.15) is 26.3 Å². The van der Waals surface area contributed by atoms with E-state index in [-0.39, 0.29) is 17.0 Å². The van der Waals surface area contributed by atoms with Gasteiger partial charge in [0.1, 0.15) is 17.1 Å². The minimum absolute atomic E-state index is 0.132. The van der Waals surface area contributed by atoms with Crippen LogP contribution in [0.5, 0.6) is 5.75 Å². The van der Waals surface area contributed by atoms with Gasteiger partial charge < -0.3 is 15.2 Å². The van der Waals surface area contributed by atoms with Crippen LogP contribution in [0.25, 0.3) is 0 Å². The van der Waals surface area contributed by atoms with E-state index in [2.05, 4.69) is 15.6 Å². The lowest BCUT2D eigenvalue weighted by Gasteiger charge is -2.11. The van der Waals surface area contributed by atoms with Gasteiger partial charge in [-0.2, -0.15) is 0 Å². The van der Waals surface area contributed by atoms with Crippen molar-refractivity contribution < 1.29 is 23.8 Å². The van der Waals surface area contributed by atoms with Gasteiger partial charge in [0.2, 0.25) is 0 Å². The first-order valence-corrected chi connectivity index (χ1v) is 7.83. The lowest BCUT2D eigenvalue weighted by Crippen LogP contribution is -2.15. The van der Waals surface area contributed by atoms with Gasteiger partial charge in [0.15, 0.2) is 0 Å². The SMILES string of the molecule is COc1cc(F)c(NC(=O)c2cccc(Cn3ccnn3)c2)cc1C(=O)O. The van der Waals surface area contributed by atoms with Crippen molar-refractivity contribution >= 4 is 17.6 Å². The Morgan fingerprint density at radius 2 is 2.11 bits per heavy atom. The highest BCUT2D eigenvalue weighted by Crippen LogP contribution is 2.26. The fourth-order valence-corrected chi connectivity index (χ4v) is 2.50. The van der Waals surface area contributed by atoms with Crippen molar-refractivity contribution in [3.63, 3.8) is 0 Å². The second-order valence-electron chi connectivity index (χ2n) is 5.59. The fraction of sp³-hybridized carbons (Fsp3) is 0.111. The number of anilines is 1. The molecule has 0 atom stereocenters. The molecule has 1 heterocycles. The van der Waals surface area contributed by atoms with Gasteiger partial charge >= 0.3 is 5.97 Å². The summed E-state index contributed by atoms with van der Waals surface area (Å²) in [7, 11) is 1.24. The molecule has 2 aromatic carbocycles. The summed E-state index contributed by atoms with van der Waals surface area (Å²) in [4.78, 5) is 23.7. The minimum Gasteiger partial charge on any atom is -0.496 e. The van der Waals surface area contributed by atoms with Crippen molar-refractivity contribution in [1.82, 2.24) is 15.0 Å². The molecule has 27 heavy (non-hydrogen) atoms. The molecular formula is C18H15FN4O4. The molecule has 0 bridgehead atoms. The Morgan fingerprint density at radius 1 is 1.30 bits per heavy atom. The van der Waals surface area contributed by atoms with Crippen molar-refractivity contribution in [2.45, 2.75) is 6.54 Å². The van der Waals surface area contributed by atoms with Gasteiger partial charge in [0.05, 0.1) is 25.5 Å². The molecule has 0 saturated heterocycles. The molecule has 0 fully saturated rings. The number of aromatic nitrogens is 3. The number of carbonyl (C=O) groups excluding carboxylic acids is 1. The zero-order valence-electron chi connectivity index (χ0n) is 14.2. The number of carbonyl (C=O) groups is 2. The van der Waals surface area contributed by atoms with E-state index in [1.807, 2.05) is 6.07 Å². The van der Waals surface area contributed by atoms with E-state index < -0.39 is 17.7 Å². The van der Waals surface area contributed by atoms with Crippen LogP contribution < -0.4 is 10.1 Å². The maximum absolute atomic E-state index is 14.2. The Balaban J connectivity index is 1.83. The van der Waals surface area contributed by atoms with Gasteiger partial charge in [-0.3, -0.25) is 4.79 Å². The van der Waals surface area contributed by atoms with Crippen LogP contribution in [0, 0.1) is 5.82 Å². The highest BCUT2D eigenvalue weighted by atomic mass is 19.1. The van der Waals surface area contributed by atoms with Crippen molar-refractivity contribution in [3.8, 4) is 5.75 Å². The van der Waals surface area contributed by atoms with E-state index in [1.54, 1.807) is 35.3 Å². The lowest BCUT2D eigenvalue weighted by atomic mass is 10.1. The van der Waals surface area contributed by atoms with E-state index in [4.69, 9.17) is 4.74 Å². The fourth-order valence-electron chi connectivity index (χ4n) is 2.50. The quantitative estimate of drug-likeness (QED) is 0.690. The van der Waals surface area contributed by atoms with Crippen molar-refractivity contribution in [3.05, 3.63) is 71.3 Å². The van der Waals surface area contributed by atoms with Gasteiger partial charge in [-0.15, -0.1) is 5.10 Å². The van der Waals surface area contributed by atoms with Gasteiger partial charge in [0, 0.05) is 17.8 Å². The van der Waals surface area contributed by atoms with E-state index in [0.717, 1.165) is 17.7 Å². The molecule has 0 saturated carbocycles. The van der Waals surface area contributed by atoms with Crippen LogP contribution in [0.4, 0.5) is 10.1 Å². The Morgan fingerprint density at radius 3 is 2.78 bits per heavy atom. The van der Waals surface area contributed by atoms with Gasteiger partial charge in [-0.25, -0.2) is 13.9 Å². The number of hydrogen-bond donors (Lipinski definition) is 2. The minimum atomic E-state index is -1.29. The lowest BCUT2D eigenvalue weighted by molar-refractivity contribution is 0.0693. The van der Waals surface area contributed by atoms with Crippen molar-refractivity contribution in [2.24, 2.45) is 0 Å². The Labute approximate surface area is 153 Å². The van der Waals surface area contributed by atoms with Crippen LogP contribution in [0.15, 0.2) is 48.8 Å². The Kier molecular flexibility index (Phi) is 5.11. The zero-order valence-corrected chi connectivity index (χ0v) is 14.2.